The summed E-state index contributed by atoms with van der Waals surface area (Å²) < 4.78 is 1.26. The molecule has 3 aromatic rings. The van der Waals surface area contributed by atoms with E-state index in [2.05, 4.69) is 35.3 Å². The molecular weight excluding hydrogens is 384 g/mol. The number of carboxylic acids is 1. The fraction of sp³-hybridized carbons (Fsp3) is 0.348. The summed E-state index contributed by atoms with van der Waals surface area (Å²) in [6.45, 7) is 3.66. The van der Waals surface area contributed by atoms with Crippen LogP contribution in [0.4, 0.5) is 0 Å². The molecule has 1 saturated carbocycles. The SMILES string of the molecule is CC(C)(Sc1nccn1-c1ccc(C2CC2)c2ccccc12)C(=O)CCC(=O)O. The van der Waals surface area contributed by atoms with Gasteiger partial charge in [0.05, 0.1) is 16.9 Å². The molecule has 6 heteroatoms. The largest absolute Gasteiger partial charge is 0.481 e. The van der Waals surface area contributed by atoms with Crippen LogP contribution in [0, 0.1) is 0 Å². The van der Waals surface area contributed by atoms with Gasteiger partial charge < -0.3 is 5.11 Å². The van der Waals surface area contributed by atoms with Crippen molar-refractivity contribution in [3.05, 3.63) is 54.4 Å². The lowest BCUT2D eigenvalue weighted by atomic mass is 9.99. The second-order valence-corrected chi connectivity index (χ2v) is 9.59. The minimum atomic E-state index is -0.956. The van der Waals surface area contributed by atoms with Crippen LogP contribution in [0.15, 0.2) is 53.9 Å². The summed E-state index contributed by atoms with van der Waals surface area (Å²) >= 11 is 1.37. The number of carbonyl (C=O) groups is 2. The third-order valence-corrected chi connectivity index (χ3v) is 6.62. The van der Waals surface area contributed by atoms with Gasteiger partial charge in [0.25, 0.3) is 0 Å². The van der Waals surface area contributed by atoms with E-state index in [-0.39, 0.29) is 18.6 Å². The first-order valence-corrected chi connectivity index (χ1v) is 10.7. The molecule has 0 aliphatic heterocycles. The van der Waals surface area contributed by atoms with E-state index in [4.69, 9.17) is 5.11 Å². The number of ketones is 1. The topological polar surface area (TPSA) is 72.2 Å². The van der Waals surface area contributed by atoms with Crippen LogP contribution < -0.4 is 0 Å². The van der Waals surface area contributed by atoms with Gasteiger partial charge in [-0.15, -0.1) is 0 Å². The average molecular weight is 409 g/mol. The minimum absolute atomic E-state index is 0.0229. The second kappa shape index (κ2) is 7.67. The van der Waals surface area contributed by atoms with Crippen molar-refractivity contribution in [1.82, 2.24) is 9.55 Å². The van der Waals surface area contributed by atoms with E-state index in [1.165, 1.54) is 40.9 Å². The molecule has 1 fully saturated rings. The molecule has 1 aliphatic carbocycles. The highest BCUT2D eigenvalue weighted by Gasteiger charge is 2.31. The number of imidazole rings is 1. The third kappa shape index (κ3) is 4.08. The average Bonchev–Trinajstić information content (AvgIpc) is 3.44. The summed E-state index contributed by atoms with van der Waals surface area (Å²) in [6, 6.07) is 12.8. The van der Waals surface area contributed by atoms with Crippen LogP contribution in [0.3, 0.4) is 0 Å². The van der Waals surface area contributed by atoms with Gasteiger partial charge in [-0.05, 0) is 49.6 Å². The van der Waals surface area contributed by atoms with E-state index in [0.29, 0.717) is 5.92 Å². The van der Waals surface area contributed by atoms with Crippen LogP contribution in [0.5, 0.6) is 0 Å². The number of carbonyl (C=O) groups excluding carboxylic acids is 1. The monoisotopic (exact) mass is 408 g/mol. The van der Waals surface area contributed by atoms with E-state index in [1.54, 1.807) is 6.20 Å². The normalized spacial score (nSPS) is 14.3. The van der Waals surface area contributed by atoms with Gasteiger partial charge in [0.15, 0.2) is 5.16 Å². The smallest absolute Gasteiger partial charge is 0.303 e. The zero-order chi connectivity index (χ0) is 20.6. The quantitative estimate of drug-likeness (QED) is 0.518. The molecule has 150 valence electrons. The van der Waals surface area contributed by atoms with Crippen molar-refractivity contribution in [3.8, 4) is 5.69 Å². The lowest BCUT2D eigenvalue weighted by molar-refractivity contribution is -0.138. The van der Waals surface area contributed by atoms with E-state index >= 15 is 0 Å². The Morgan fingerprint density at radius 1 is 1.14 bits per heavy atom. The van der Waals surface area contributed by atoms with Gasteiger partial charge in [-0.2, -0.15) is 0 Å². The highest BCUT2D eigenvalue weighted by molar-refractivity contribution is 8.01. The van der Waals surface area contributed by atoms with Crippen molar-refractivity contribution in [2.45, 2.75) is 55.4 Å². The van der Waals surface area contributed by atoms with Gasteiger partial charge >= 0.3 is 5.97 Å². The van der Waals surface area contributed by atoms with Crippen molar-refractivity contribution in [1.29, 1.82) is 0 Å². The molecule has 2 aromatic carbocycles. The highest BCUT2D eigenvalue weighted by Crippen LogP contribution is 2.44. The molecule has 0 saturated heterocycles. The fourth-order valence-corrected chi connectivity index (χ4v) is 4.67. The van der Waals surface area contributed by atoms with Crippen LogP contribution in [0.25, 0.3) is 16.5 Å². The van der Waals surface area contributed by atoms with Crippen LogP contribution >= 0.6 is 11.8 Å². The van der Waals surface area contributed by atoms with E-state index in [1.807, 2.05) is 30.7 Å². The van der Waals surface area contributed by atoms with Crippen LogP contribution in [-0.4, -0.2) is 31.2 Å². The van der Waals surface area contributed by atoms with Crippen LogP contribution in [0.1, 0.15) is 51.0 Å². The van der Waals surface area contributed by atoms with Gasteiger partial charge in [-0.3, -0.25) is 14.2 Å². The molecule has 0 atom stereocenters. The highest BCUT2D eigenvalue weighted by atomic mass is 32.2. The first-order valence-electron chi connectivity index (χ1n) is 9.86. The molecule has 5 nitrogen and oxygen atoms in total. The zero-order valence-corrected chi connectivity index (χ0v) is 17.4. The Morgan fingerprint density at radius 2 is 1.86 bits per heavy atom. The number of rotatable bonds is 8. The number of aromatic nitrogens is 2. The summed E-state index contributed by atoms with van der Waals surface area (Å²) in [5.41, 5.74) is 2.45. The molecule has 0 bridgehead atoms. The number of fused-ring (bicyclic) bond motifs is 1. The third-order valence-electron chi connectivity index (χ3n) is 5.40. The Bertz CT molecular complexity index is 1080. The molecule has 1 aliphatic rings. The Labute approximate surface area is 174 Å². The van der Waals surface area contributed by atoms with Gasteiger partial charge in [-0.1, -0.05) is 42.1 Å². The molecular formula is C23H24N2O3S. The molecule has 0 radical (unpaired) electrons. The van der Waals surface area contributed by atoms with Gasteiger partial charge in [0, 0.05) is 24.2 Å². The number of benzene rings is 2. The molecule has 0 unspecified atom stereocenters. The number of hydrogen-bond donors (Lipinski definition) is 1. The molecule has 4 rings (SSSR count). The minimum Gasteiger partial charge on any atom is -0.481 e. The van der Waals surface area contributed by atoms with Crippen LogP contribution in [-0.2, 0) is 9.59 Å². The second-order valence-electron chi connectivity index (χ2n) is 8.00. The fourth-order valence-electron chi connectivity index (χ4n) is 3.62. The lowest BCUT2D eigenvalue weighted by Gasteiger charge is -2.22. The predicted octanol–water partition coefficient (Wildman–Crippen LogP) is 5.21. The number of hydrogen-bond acceptors (Lipinski definition) is 4. The van der Waals surface area contributed by atoms with E-state index < -0.39 is 10.7 Å². The first-order chi connectivity index (χ1) is 13.9. The maximum Gasteiger partial charge on any atom is 0.303 e. The Morgan fingerprint density at radius 3 is 2.55 bits per heavy atom. The maximum absolute atomic E-state index is 12.6. The van der Waals surface area contributed by atoms with Gasteiger partial charge in [0.2, 0.25) is 0 Å². The number of carboxylic acid groups (broad SMARTS) is 1. The zero-order valence-electron chi connectivity index (χ0n) is 16.6. The standard InChI is InChI=1S/C23H24N2O3S/c1-23(2,20(26)11-12-21(27)28)29-22-24-13-14-25(22)19-10-9-16(15-7-8-15)17-5-3-4-6-18(17)19/h3-6,9-10,13-15H,7-8,11-12H2,1-2H3,(H,27,28). The summed E-state index contributed by atoms with van der Waals surface area (Å²) in [5, 5.41) is 12.0. The maximum atomic E-state index is 12.6. The number of nitrogens with zero attached hydrogens (tertiary/aromatic N) is 2. The van der Waals surface area contributed by atoms with Crippen LogP contribution in [0.2, 0.25) is 0 Å². The van der Waals surface area contributed by atoms with Crippen molar-refractivity contribution in [2.24, 2.45) is 0 Å². The molecule has 1 aromatic heterocycles. The van der Waals surface area contributed by atoms with E-state index in [9.17, 15) is 9.59 Å². The molecule has 0 amide bonds. The molecule has 0 spiro atoms. The van der Waals surface area contributed by atoms with Gasteiger partial charge in [-0.25, -0.2) is 4.98 Å². The molecule has 29 heavy (non-hydrogen) atoms. The number of thioether (sulfide) groups is 1. The van der Waals surface area contributed by atoms with Gasteiger partial charge in [0.1, 0.15) is 5.78 Å². The molecule has 1 heterocycles. The van der Waals surface area contributed by atoms with E-state index in [0.717, 1.165) is 10.8 Å². The van der Waals surface area contributed by atoms with Crippen molar-refractivity contribution in [2.75, 3.05) is 0 Å². The number of Topliss-reactive ketones (excluding diaryl/α,β-unsaturated/α-hetero) is 1. The summed E-state index contributed by atoms with van der Waals surface area (Å²) in [4.78, 5) is 27.9. The summed E-state index contributed by atoms with van der Waals surface area (Å²) in [7, 11) is 0. The predicted molar refractivity (Wildman–Crippen MR) is 115 cm³/mol. The number of aliphatic carboxylic acids is 1. The Hall–Kier alpha value is -2.60. The lowest BCUT2D eigenvalue weighted by Crippen LogP contribution is -2.28. The Kier molecular flexibility index (Phi) is 5.21. The first kappa shape index (κ1) is 19.7. The summed E-state index contributed by atoms with van der Waals surface area (Å²) in [6.07, 6.45) is 6.03. The Balaban J connectivity index is 1.67. The summed E-state index contributed by atoms with van der Waals surface area (Å²) in [5.74, 6) is -0.382. The molecule has 1 N–H and O–H groups in total. The van der Waals surface area contributed by atoms with Crippen molar-refractivity contribution in [3.63, 3.8) is 0 Å². The van der Waals surface area contributed by atoms with Crippen molar-refractivity contribution < 1.29 is 14.7 Å². The van der Waals surface area contributed by atoms with Crippen molar-refractivity contribution >= 4 is 34.3 Å².